The number of methoxy groups -OCH3 is 1. The molecule has 0 spiro atoms. The maximum atomic E-state index is 11.9. The highest BCUT2D eigenvalue weighted by molar-refractivity contribution is 6.31. The van der Waals surface area contributed by atoms with Gasteiger partial charge in [0, 0.05) is 23.2 Å². The summed E-state index contributed by atoms with van der Waals surface area (Å²) in [5.74, 6) is 0.854. The van der Waals surface area contributed by atoms with Crippen molar-refractivity contribution < 1.29 is 14.3 Å². The number of amides is 1. The van der Waals surface area contributed by atoms with Gasteiger partial charge in [0.05, 0.1) is 7.11 Å². The minimum atomic E-state index is -0.297. The van der Waals surface area contributed by atoms with Crippen LogP contribution < -0.4 is 20.1 Å². The SMILES string of the molecule is CCCCCCCNCc1cc(OC)c(OCC(=O)NC(C)(C)C)cc1Cl. The Bertz CT molecular complexity index is 586. The van der Waals surface area contributed by atoms with Crippen molar-refractivity contribution in [3.63, 3.8) is 0 Å². The summed E-state index contributed by atoms with van der Waals surface area (Å²) in [4.78, 5) is 11.9. The maximum absolute atomic E-state index is 11.9. The summed E-state index contributed by atoms with van der Waals surface area (Å²) in [5, 5.41) is 6.88. The van der Waals surface area contributed by atoms with E-state index < -0.39 is 0 Å². The van der Waals surface area contributed by atoms with Crippen LogP contribution in [0.5, 0.6) is 11.5 Å². The molecule has 6 heteroatoms. The lowest BCUT2D eigenvalue weighted by Crippen LogP contribution is -2.43. The highest BCUT2D eigenvalue weighted by atomic mass is 35.5. The number of benzene rings is 1. The Labute approximate surface area is 169 Å². The molecule has 5 nitrogen and oxygen atoms in total. The zero-order valence-corrected chi connectivity index (χ0v) is 18.2. The van der Waals surface area contributed by atoms with Crippen molar-refractivity contribution in [1.29, 1.82) is 0 Å². The van der Waals surface area contributed by atoms with Gasteiger partial charge < -0.3 is 20.1 Å². The molecule has 0 bridgehead atoms. The molecule has 0 saturated heterocycles. The number of rotatable bonds is 12. The summed E-state index contributed by atoms with van der Waals surface area (Å²) in [6, 6.07) is 3.58. The molecular formula is C21H35ClN2O3. The normalized spacial score (nSPS) is 11.3. The van der Waals surface area contributed by atoms with Crippen molar-refractivity contribution in [3.8, 4) is 11.5 Å². The van der Waals surface area contributed by atoms with Crippen LogP contribution in [-0.4, -0.2) is 31.7 Å². The summed E-state index contributed by atoms with van der Waals surface area (Å²) < 4.78 is 11.0. The van der Waals surface area contributed by atoms with Crippen LogP contribution in [-0.2, 0) is 11.3 Å². The predicted molar refractivity (Wildman–Crippen MR) is 112 cm³/mol. The van der Waals surface area contributed by atoms with Crippen LogP contribution >= 0.6 is 11.6 Å². The van der Waals surface area contributed by atoms with Gasteiger partial charge in [-0.1, -0.05) is 44.2 Å². The molecule has 0 radical (unpaired) electrons. The molecule has 1 aromatic carbocycles. The molecule has 0 saturated carbocycles. The van der Waals surface area contributed by atoms with E-state index in [2.05, 4.69) is 17.6 Å². The van der Waals surface area contributed by atoms with Gasteiger partial charge in [-0.15, -0.1) is 0 Å². The largest absolute Gasteiger partial charge is 0.493 e. The van der Waals surface area contributed by atoms with Crippen molar-refractivity contribution in [2.45, 2.75) is 71.9 Å². The molecule has 0 aliphatic heterocycles. The van der Waals surface area contributed by atoms with Crippen molar-refractivity contribution in [2.24, 2.45) is 0 Å². The monoisotopic (exact) mass is 398 g/mol. The number of carbonyl (C=O) groups excluding carboxylic acids is 1. The Morgan fingerprint density at radius 2 is 1.81 bits per heavy atom. The predicted octanol–water partition coefficient (Wildman–Crippen LogP) is 4.70. The lowest BCUT2D eigenvalue weighted by atomic mass is 10.1. The standard InChI is InChI=1S/C21H35ClN2O3/c1-6-7-8-9-10-11-23-14-16-12-18(26-5)19(13-17(16)22)27-15-20(25)24-21(2,3)4/h12-13,23H,6-11,14-15H2,1-5H3,(H,24,25). The molecule has 154 valence electrons. The Hall–Kier alpha value is -1.46. The first-order chi connectivity index (χ1) is 12.8. The fraction of sp³-hybridized carbons (Fsp3) is 0.667. The van der Waals surface area contributed by atoms with Gasteiger partial charge in [-0.25, -0.2) is 0 Å². The van der Waals surface area contributed by atoms with Crippen molar-refractivity contribution >= 4 is 17.5 Å². The van der Waals surface area contributed by atoms with Gasteiger partial charge in [0.2, 0.25) is 0 Å². The summed E-state index contributed by atoms with van der Waals surface area (Å²) in [7, 11) is 1.58. The quantitative estimate of drug-likeness (QED) is 0.501. The van der Waals surface area contributed by atoms with Gasteiger partial charge in [0.1, 0.15) is 0 Å². The van der Waals surface area contributed by atoms with Crippen LogP contribution in [0.3, 0.4) is 0 Å². The van der Waals surface area contributed by atoms with E-state index in [0.29, 0.717) is 23.1 Å². The van der Waals surface area contributed by atoms with Crippen LogP contribution in [0.15, 0.2) is 12.1 Å². The smallest absolute Gasteiger partial charge is 0.258 e. The molecule has 0 fully saturated rings. The molecule has 0 unspecified atom stereocenters. The van der Waals surface area contributed by atoms with E-state index in [4.69, 9.17) is 21.1 Å². The first kappa shape index (κ1) is 23.6. The van der Waals surface area contributed by atoms with Crippen molar-refractivity contribution in [1.82, 2.24) is 10.6 Å². The van der Waals surface area contributed by atoms with Crippen LogP contribution in [0, 0.1) is 0 Å². The number of nitrogens with one attached hydrogen (secondary N) is 2. The molecular weight excluding hydrogens is 364 g/mol. The number of hydrogen-bond donors (Lipinski definition) is 2. The molecule has 1 rings (SSSR count). The van der Waals surface area contributed by atoms with E-state index in [-0.39, 0.29) is 18.1 Å². The second kappa shape index (κ2) is 12.1. The Morgan fingerprint density at radius 1 is 1.11 bits per heavy atom. The van der Waals surface area contributed by atoms with Gasteiger partial charge >= 0.3 is 0 Å². The van der Waals surface area contributed by atoms with Gasteiger partial charge in [0.15, 0.2) is 18.1 Å². The average Bonchev–Trinajstić information content (AvgIpc) is 2.59. The first-order valence-corrected chi connectivity index (χ1v) is 10.2. The second-order valence-electron chi connectivity index (χ2n) is 7.77. The van der Waals surface area contributed by atoms with E-state index in [1.165, 1.54) is 32.1 Å². The van der Waals surface area contributed by atoms with Crippen LogP contribution in [0.4, 0.5) is 0 Å². The summed E-state index contributed by atoms with van der Waals surface area (Å²) in [6.45, 7) is 9.55. The number of carbonyl (C=O) groups is 1. The Morgan fingerprint density at radius 3 is 2.44 bits per heavy atom. The Balaban J connectivity index is 2.55. The van der Waals surface area contributed by atoms with Crippen molar-refractivity contribution in [3.05, 3.63) is 22.7 Å². The van der Waals surface area contributed by atoms with Crippen LogP contribution in [0.2, 0.25) is 5.02 Å². The van der Waals surface area contributed by atoms with Gasteiger partial charge in [-0.05, 0) is 45.4 Å². The van der Waals surface area contributed by atoms with Gasteiger partial charge in [-0.3, -0.25) is 4.79 Å². The third-order valence-electron chi connectivity index (χ3n) is 3.98. The van der Waals surface area contributed by atoms with Gasteiger partial charge in [-0.2, -0.15) is 0 Å². The summed E-state index contributed by atoms with van der Waals surface area (Å²) in [5.41, 5.74) is 0.655. The van der Waals surface area contributed by atoms with E-state index >= 15 is 0 Å². The fourth-order valence-electron chi connectivity index (χ4n) is 2.66. The zero-order valence-electron chi connectivity index (χ0n) is 17.4. The third-order valence-corrected chi connectivity index (χ3v) is 4.33. The minimum Gasteiger partial charge on any atom is -0.493 e. The number of hydrogen-bond acceptors (Lipinski definition) is 4. The molecule has 0 aliphatic rings. The average molecular weight is 399 g/mol. The number of halogens is 1. The van der Waals surface area contributed by atoms with Crippen LogP contribution in [0.1, 0.15) is 65.4 Å². The highest BCUT2D eigenvalue weighted by Crippen LogP contribution is 2.33. The van der Waals surface area contributed by atoms with E-state index in [0.717, 1.165) is 12.1 Å². The second-order valence-corrected chi connectivity index (χ2v) is 8.18. The summed E-state index contributed by atoms with van der Waals surface area (Å²) in [6.07, 6.45) is 6.27. The van der Waals surface area contributed by atoms with E-state index in [1.54, 1.807) is 13.2 Å². The Kier molecular flexibility index (Phi) is 10.6. The highest BCUT2D eigenvalue weighted by Gasteiger charge is 2.16. The van der Waals surface area contributed by atoms with E-state index in [1.807, 2.05) is 26.8 Å². The summed E-state index contributed by atoms with van der Waals surface area (Å²) >= 11 is 6.39. The topological polar surface area (TPSA) is 59.6 Å². The molecule has 0 atom stereocenters. The first-order valence-electron chi connectivity index (χ1n) is 9.77. The van der Waals surface area contributed by atoms with Crippen LogP contribution in [0.25, 0.3) is 0 Å². The van der Waals surface area contributed by atoms with E-state index in [9.17, 15) is 4.79 Å². The van der Waals surface area contributed by atoms with Crippen molar-refractivity contribution in [2.75, 3.05) is 20.3 Å². The molecule has 0 heterocycles. The lowest BCUT2D eigenvalue weighted by Gasteiger charge is -2.21. The molecule has 1 aromatic rings. The molecule has 0 aromatic heterocycles. The molecule has 1 amide bonds. The lowest BCUT2D eigenvalue weighted by molar-refractivity contribution is -0.124. The van der Waals surface area contributed by atoms with Gasteiger partial charge in [0.25, 0.3) is 5.91 Å². The fourth-order valence-corrected chi connectivity index (χ4v) is 2.88. The molecule has 0 aliphatic carbocycles. The number of ether oxygens (including phenoxy) is 2. The number of unbranched alkanes of at least 4 members (excludes halogenated alkanes) is 4. The molecule has 2 N–H and O–H groups in total. The zero-order chi connectivity index (χ0) is 20.3. The third kappa shape index (κ3) is 9.87. The maximum Gasteiger partial charge on any atom is 0.258 e. The minimum absolute atomic E-state index is 0.0840. The molecule has 27 heavy (non-hydrogen) atoms.